The Morgan fingerprint density at radius 1 is 0.913 bits per heavy atom. The van der Waals surface area contributed by atoms with Gasteiger partial charge < -0.3 is 0 Å². The van der Waals surface area contributed by atoms with Crippen molar-refractivity contribution >= 4 is 23.0 Å². The van der Waals surface area contributed by atoms with Gasteiger partial charge in [-0.2, -0.15) is 5.10 Å². The van der Waals surface area contributed by atoms with Gasteiger partial charge in [0, 0.05) is 5.56 Å². The fraction of sp³-hybridized carbons (Fsp3) is 0.0526. The zero-order valence-corrected chi connectivity index (χ0v) is 13.5. The van der Waals surface area contributed by atoms with Crippen LogP contribution >= 0.6 is 12.2 Å². The van der Waals surface area contributed by atoms with E-state index in [0.717, 1.165) is 17.1 Å². The van der Waals surface area contributed by atoms with E-state index in [-0.39, 0.29) is 0 Å². The van der Waals surface area contributed by atoms with E-state index in [1.807, 2.05) is 28.8 Å². The lowest BCUT2D eigenvalue weighted by Gasteiger charge is -2.10. The fourth-order valence-electron chi connectivity index (χ4n) is 2.86. The molecule has 112 valence electrons. The Bertz CT molecular complexity index is 1060. The highest BCUT2D eigenvalue weighted by Gasteiger charge is 2.12. The smallest absolute Gasteiger partial charge is 0.200 e. The summed E-state index contributed by atoms with van der Waals surface area (Å²) in [7, 11) is 0. The Kier molecular flexibility index (Phi) is 3.32. The average molecular weight is 317 g/mol. The second-order valence-corrected chi connectivity index (χ2v) is 5.92. The Hall–Kier alpha value is -2.72. The monoisotopic (exact) mass is 317 g/mol. The lowest BCUT2D eigenvalue weighted by atomic mass is 10.1. The molecule has 0 spiro atoms. The van der Waals surface area contributed by atoms with Crippen LogP contribution < -0.4 is 0 Å². The van der Waals surface area contributed by atoms with Gasteiger partial charge in [-0.15, -0.1) is 0 Å². The summed E-state index contributed by atoms with van der Waals surface area (Å²) in [4.78, 5) is 0. The van der Waals surface area contributed by atoms with Crippen LogP contribution in [0, 0.1) is 11.7 Å². The van der Waals surface area contributed by atoms with Crippen molar-refractivity contribution in [1.82, 2.24) is 14.8 Å². The van der Waals surface area contributed by atoms with Gasteiger partial charge in [-0.25, -0.2) is 0 Å². The zero-order chi connectivity index (χ0) is 15.8. The van der Waals surface area contributed by atoms with Crippen LogP contribution in [0.25, 0.3) is 27.8 Å². The van der Waals surface area contributed by atoms with Crippen LogP contribution in [-0.2, 0) is 0 Å². The van der Waals surface area contributed by atoms with Crippen LogP contribution in [0.15, 0.2) is 66.7 Å². The molecule has 23 heavy (non-hydrogen) atoms. The van der Waals surface area contributed by atoms with Gasteiger partial charge in [0.25, 0.3) is 0 Å². The van der Waals surface area contributed by atoms with Crippen LogP contribution in [0.3, 0.4) is 0 Å². The molecule has 4 aromatic rings. The summed E-state index contributed by atoms with van der Waals surface area (Å²) in [6, 6.07) is 22.8. The Morgan fingerprint density at radius 3 is 2.48 bits per heavy atom. The van der Waals surface area contributed by atoms with Crippen molar-refractivity contribution in [3.63, 3.8) is 0 Å². The minimum atomic E-state index is 0.596. The lowest BCUT2D eigenvalue weighted by Crippen LogP contribution is -1.99. The summed E-state index contributed by atoms with van der Waals surface area (Å²) in [6.45, 7) is 2.08. The number of nitrogens with one attached hydrogen (secondary N) is 1. The second-order valence-electron chi connectivity index (χ2n) is 5.53. The molecule has 0 amide bonds. The first-order valence-corrected chi connectivity index (χ1v) is 7.87. The van der Waals surface area contributed by atoms with Crippen LogP contribution in [0.1, 0.15) is 5.56 Å². The largest absolute Gasteiger partial charge is 0.268 e. The van der Waals surface area contributed by atoms with E-state index >= 15 is 0 Å². The number of fused-ring (bicyclic) bond motifs is 1. The van der Waals surface area contributed by atoms with Crippen molar-refractivity contribution in [3.05, 3.63) is 77.1 Å². The zero-order valence-electron chi connectivity index (χ0n) is 12.7. The van der Waals surface area contributed by atoms with Crippen LogP contribution in [-0.4, -0.2) is 14.8 Å². The van der Waals surface area contributed by atoms with E-state index in [4.69, 9.17) is 12.2 Å². The number of hydrogen-bond donors (Lipinski definition) is 1. The maximum absolute atomic E-state index is 5.47. The van der Waals surface area contributed by atoms with E-state index in [1.165, 1.54) is 16.3 Å². The van der Waals surface area contributed by atoms with Crippen LogP contribution in [0.4, 0.5) is 0 Å². The van der Waals surface area contributed by atoms with Crippen molar-refractivity contribution in [2.24, 2.45) is 0 Å². The molecular weight excluding hydrogens is 302 g/mol. The number of benzene rings is 3. The number of rotatable bonds is 2. The molecule has 4 heteroatoms. The highest BCUT2D eigenvalue weighted by Crippen LogP contribution is 2.26. The van der Waals surface area contributed by atoms with Crippen molar-refractivity contribution in [3.8, 4) is 17.1 Å². The third kappa shape index (κ3) is 2.37. The molecule has 0 radical (unpaired) electrons. The number of aryl methyl sites for hydroxylation is 1. The molecule has 0 aliphatic rings. The van der Waals surface area contributed by atoms with Gasteiger partial charge in [-0.3, -0.25) is 9.67 Å². The van der Waals surface area contributed by atoms with Gasteiger partial charge in [0.2, 0.25) is 0 Å². The van der Waals surface area contributed by atoms with Gasteiger partial charge >= 0.3 is 0 Å². The lowest BCUT2D eigenvalue weighted by molar-refractivity contribution is 1.04. The summed E-state index contributed by atoms with van der Waals surface area (Å²) >= 11 is 5.47. The molecule has 0 fully saturated rings. The number of aromatic nitrogens is 3. The van der Waals surface area contributed by atoms with Gasteiger partial charge in [0.05, 0.1) is 5.69 Å². The maximum atomic E-state index is 5.47. The van der Waals surface area contributed by atoms with Crippen molar-refractivity contribution in [1.29, 1.82) is 0 Å². The molecule has 1 N–H and O–H groups in total. The summed E-state index contributed by atoms with van der Waals surface area (Å²) < 4.78 is 2.59. The third-order valence-corrected chi connectivity index (χ3v) is 4.32. The molecule has 0 unspecified atom stereocenters. The summed E-state index contributed by atoms with van der Waals surface area (Å²) in [6.07, 6.45) is 0. The normalized spacial score (nSPS) is 11.0. The summed E-state index contributed by atoms with van der Waals surface area (Å²) in [5.41, 5.74) is 3.26. The van der Waals surface area contributed by atoms with E-state index in [0.29, 0.717) is 4.77 Å². The van der Waals surface area contributed by atoms with Gasteiger partial charge in [0.15, 0.2) is 10.6 Å². The molecule has 0 atom stereocenters. The van der Waals surface area contributed by atoms with Gasteiger partial charge in [-0.1, -0.05) is 54.6 Å². The predicted molar refractivity (Wildman–Crippen MR) is 96.4 cm³/mol. The van der Waals surface area contributed by atoms with E-state index in [2.05, 4.69) is 59.6 Å². The molecular formula is C19H15N3S. The molecule has 0 aliphatic carbocycles. The number of aromatic amines is 1. The van der Waals surface area contributed by atoms with E-state index in [1.54, 1.807) is 0 Å². The van der Waals surface area contributed by atoms with Crippen LogP contribution in [0.2, 0.25) is 0 Å². The maximum Gasteiger partial charge on any atom is 0.200 e. The molecule has 0 bridgehead atoms. The van der Waals surface area contributed by atoms with Gasteiger partial charge in [-0.05, 0) is 47.6 Å². The third-order valence-electron chi connectivity index (χ3n) is 4.05. The second kappa shape index (κ2) is 5.48. The number of nitrogens with zero attached hydrogens (tertiary/aromatic N) is 2. The topological polar surface area (TPSA) is 33.6 Å². The fourth-order valence-corrected chi connectivity index (χ4v) is 3.09. The van der Waals surface area contributed by atoms with Crippen molar-refractivity contribution in [2.45, 2.75) is 6.92 Å². The van der Waals surface area contributed by atoms with E-state index < -0.39 is 0 Å². The SMILES string of the molecule is Cc1ccccc1-c1n[nH]c(=S)n1-c1ccc2ccccc2c1. The number of H-pyrrole nitrogens is 1. The quantitative estimate of drug-likeness (QED) is 0.524. The first kappa shape index (κ1) is 13.9. The van der Waals surface area contributed by atoms with Crippen molar-refractivity contribution in [2.75, 3.05) is 0 Å². The first-order valence-electron chi connectivity index (χ1n) is 7.46. The highest BCUT2D eigenvalue weighted by molar-refractivity contribution is 7.71. The molecule has 1 aromatic heterocycles. The molecule has 0 saturated heterocycles. The predicted octanol–water partition coefficient (Wildman–Crippen LogP) is 5.06. The highest BCUT2D eigenvalue weighted by atomic mass is 32.1. The average Bonchev–Trinajstić information content (AvgIpc) is 2.96. The molecule has 0 saturated carbocycles. The number of hydrogen-bond acceptors (Lipinski definition) is 2. The Labute approximate surface area is 139 Å². The Balaban J connectivity index is 1.97. The molecule has 0 aliphatic heterocycles. The minimum Gasteiger partial charge on any atom is -0.268 e. The Morgan fingerprint density at radius 2 is 1.65 bits per heavy atom. The van der Waals surface area contributed by atoms with Crippen molar-refractivity contribution < 1.29 is 0 Å². The standard InChI is InChI=1S/C19H15N3S/c1-13-6-2-5-9-17(13)18-20-21-19(23)22(18)16-11-10-14-7-3-4-8-15(14)12-16/h2-12H,1H3,(H,21,23). The minimum absolute atomic E-state index is 0.596. The molecule has 4 rings (SSSR count). The molecule has 3 nitrogen and oxygen atoms in total. The van der Waals surface area contributed by atoms with Crippen LogP contribution in [0.5, 0.6) is 0 Å². The molecule has 1 heterocycles. The summed E-state index contributed by atoms with van der Waals surface area (Å²) in [5.74, 6) is 0.836. The van der Waals surface area contributed by atoms with Gasteiger partial charge in [0.1, 0.15) is 0 Å². The van der Waals surface area contributed by atoms with E-state index in [9.17, 15) is 0 Å². The first-order chi connectivity index (χ1) is 11.2. The summed E-state index contributed by atoms with van der Waals surface area (Å²) in [5, 5.41) is 9.77. The molecule has 3 aromatic carbocycles.